The van der Waals surface area contributed by atoms with Gasteiger partial charge >= 0.3 is 0 Å². The lowest BCUT2D eigenvalue weighted by atomic mass is 9.93. The number of hydrogen-bond acceptors (Lipinski definition) is 6. The van der Waals surface area contributed by atoms with Crippen LogP contribution in [0.15, 0.2) is 40.6 Å². The maximum absolute atomic E-state index is 12.8. The molecule has 0 atom stereocenters. The fourth-order valence-electron chi connectivity index (χ4n) is 3.16. The molecule has 2 aliphatic rings. The van der Waals surface area contributed by atoms with Gasteiger partial charge in [-0.05, 0) is 36.4 Å². The van der Waals surface area contributed by atoms with Gasteiger partial charge in [0.2, 0.25) is 16.8 Å². The molecule has 4 rings (SSSR count). The van der Waals surface area contributed by atoms with E-state index in [1.165, 1.54) is 27.8 Å². The van der Waals surface area contributed by atoms with Gasteiger partial charge < -0.3 is 9.47 Å². The second-order valence-corrected chi connectivity index (χ2v) is 8.92. The van der Waals surface area contributed by atoms with E-state index >= 15 is 0 Å². The molecule has 0 aliphatic carbocycles. The van der Waals surface area contributed by atoms with E-state index in [-0.39, 0.29) is 23.4 Å². The number of ether oxygens (including phenoxy) is 2. The molecule has 0 unspecified atom stereocenters. The SMILES string of the molecule is O=C(c1cccs1)C1CCN(S(=O)(=O)c2ccc3c(c2)OCO3)CC1. The molecule has 0 saturated carbocycles. The van der Waals surface area contributed by atoms with E-state index in [0.29, 0.717) is 37.4 Å². The standard InChI is InChI=1S/C17H17NO5S2/c19-17(16-2-1-9-24-16)12-5-7-18(8-6-12)25(20,21)13-3-4-14-15(10-13)23-11-22-14/h1-4,9-10,12H,5-8,11H2. The van der Waals surface area contributed by atoms with Crippen molar-refractivity contribution in [3.63, 3.8) is 0 Å². The van der Waals surface area contributed by atoms with Crippen LogP contribution in [0, 0.1) is 5.92 Å². The first-order chi connectivity index (χ1) is 12.1. The van der Waals surface area contributed by atoms with Crippen LogP contribution in [0.25, 0.3) is 0 Å². The fourth-order valence-corrected chi connectivity index (χ4v) is 5.39. The number of nitrogens with zero attached hydrogens (tertiary/aromatic N) is 1. The van der Waals surface area contributed by atoms with E-state index < -0.39 is 10.0 Å². The summed E-state index contributed by atoms with van der Waals surface area (Å²) in [7, 11) is -3.60. The third-order valence-corrected chi connectivity index (χ3v) is 7.35. The first kappa shape index (κ1) is 16.6. The highest BCUT2D eigenvalue weighted by Crippen LogP contribution is 2.35. The molecule has 1 fully saturated rings. The first-order valence-electron chi connectivity index (χ1n) is 8.03. The summed E-state index contributed by atoms with van der Waals surface area (Å²) < 4.78 is 37.6. The van der Waals surface area contributed by atoms with Crippen molar-refractivity contribution in [1.82, 2.24) is 4.31 Å². The summed E-state index contributed by atoms with van der Waals surface area (Å²) in [6.45, 7) is 0.798. The normalized spacial score (nSPS) is 18.4. The van der Waals surface area contributed by atoms with E-state index in [0.717, 1.165) is 4.88 Å². The molecule has 0 amide bonds. The highest BCUT2D eigenvalue weighted by Gasteiger charge is 2.33. The zero-order valence-electron chi connectivity index (χ0n) is 13.4. The van der Waals surface area contributed by atoms with Crippen LogP contribution >= 0.6 is 11.3 Å². The van der Waals surface area contributed by atoms with Crippen LogP contribution < -0.4 is 9.47 Å². The number of piperidine rings is 1. The summed E-state index contributed by atoms with van der Waals surface area (Å²) in [5.41, 5.74) is 0. The van der Waals surface area contributed by atoms with E-state index in [2.05, 4.69) is 0 Å². The third-order valence-electron chi connectivity index (χ3n) is 4.57. The lowest BCUT2D eigenvalue weighted by Gasteiger charge is -2.30. The molecular weight excluding hydrogens is 362 g/mol. The lowest BCUT2D eigenvalue weighted by molar-refractivity contribution is 0.0879. The van der Waals surface area contributed by atoms with Crippen molar-refractivity contribution in [2.24, 2.45) is 5.92 Å². The van der Waals surface area contributed by atoms with Gasteiger partial charge in [-0.25, -0.2) is 8.42 Å². The number of hydrogen-bond donors (Lipinski definition) is 0. The van der Waals surface area contributed by atoms with Gasteiger partial charge in [0.15, 0.2) is 17.3 Å². The van der Waals surface area contributed by atoms with Gasteiger partial charge in [-0.3, -0.25) is 4.79 Å². The molecule has 2 aromatic rings. The summed E-state index contributed by atoms with van der Waals surface area (Å²) in [4.78, 5) is 13.4. The molecule has 25 heavy (non-hydrogen) atoms. The first-order valence-corrected chi connectivity index (χ1v) is 10.4. The van der Waals surface area contributed by atoms with Gasteiger partial charge in [-0.15, -0.1) is 11.3 Å². The zero-order chi connectivity index (χ0) is 17.4. The van der Waals surface area contributed by atoms with Crippen LogP contribution in [-0.4, -0.2) is 38.4 Å². The van der Waals surface area contributed by atoms with Crippen molar-refractivity contribution in [3.05, 3.63) is 40.6 Å². The predicted molar refractivity (Wildman–Crippen MR) is 92.7 cm³/mol. The second-order valence-electron chi connectivity index (χ2n) is 6.03. The minimum absolute atomic E-state index is 0.106. The Labute approximate surface area is 150 Å². The van der Waals surface area contributed by atoms with E-state index in [4.69, 9.17) is 9.47 Å². The maximum atomic E-state index is 12.8. The van der Waals surface area contributed by atoms with Crippen molar-refractivity contribution < 1.29 is 22.7 Å². The van der Waals surface area contributed by atoms with Gasteiger partial charge in [0.1, 0.15) is 0 Å². The summed E-state index contributed by atoms with van der Waals surface area (Å²) >= 11 is 1.43. The summed E-state index contributed by atoms with van der Waals surface area (Å²) in [5, 5.41) is 1.88. The van der Waals surface area contributed by atoms with Gasteiger partial charge in [0, 0.05) is 25.1 Å². The molecule has 1 aromatic heterocycles. The highest BCUT2D eigenvalue weighted by molar-refractivity contribution is 7.89. The Morgan fingerprint density at radius 1 is 1.12 bits per heavy atom. The fraction of sp³-hybridized carbons (Fsp3) is 0.353. The molecule has 1 aromatic carbocycles. The molecule has 0 radical (unpaired) electrons. The Balaban J connectivity index is 1.47. The molecule has 2 aliphatic heterocycles. The van der Waals surface area contributed by atoms with Crippen LogP contribution in [0.5, 0.6) is 11.5 Å². The van der Waals surface area contributed by atoms with Gasteiger partial charge in [0.25, 0.3) is 0 Å². The van der Waals surface area contributed by atoms with Gasteiger partial charge in [-0.1, -0.05) is 6.07 Å². The Morgan fingerprint density at radius 3 is 2.60 bits per heavy atom. The molecule has 1 saturated heterocycles. The Kier molecular flexibility index (Phi) is 4.26. The summed E-state index contributed by atoms with van der Waals surface area (Å²) in [6.07, 6.45) is 1.08. The van der Waals surface area contributed by atoms with Crippen LogP contribution in [0.2, 0.25) is 0 Å². The van der Waals surface area contributed by atoms with Crippen LogP contribution in [0.3, 0.4) is 0 Å². The number of carbonyl (C=O) groups is 1. The van der Waals surface area contributed by atoms with E-state index in [1.807, 2.05) is 17.5 Å². The molecule has 0 N–H and O–H groups in total. The maximum Gasteiger partial charge on any atom is 0.243 e. The minimum atomic E-state index is -3.60. The molecular formula is C17H17NO5S2. The number of sulfonamides is 1. The number of ketones is 1. The molecule has 132 valence electrons. The average Bonchev–Trinajstić information content (AvgIpc) is 3.32. The Bertz CT molecular complexity index is 884. The van der Waals surface area contributed by atoms with Crippen LogP contribution in [0.1, 0.15) is 22.5 Å². The summed E-state index contributed by atoms with van der Waals surface area (Å²) in [6, 6.07) is 8.33. The number of thiophene rings is 1. The van der Waals surface area contributed by atoms with E-state index in [9.17, 15) is 13.2 Å². The predicted octanol–water partition coefficient (Wildman–Crippen LogP) is 2.76. The topological polar surface area (TPSA) is 72.9 Å². The van der Waals surface area contributed by atoms with Crippen molar-refractivity contribution in [2.75, 3.05) is 19.9 Å². The lowest BCUT2D eigenvalue weighted by Crippen LogP contribution is -2.40. The minimum Gasteiger partial charge on any atom is -0.454 e. The number of Topliss-reactive ketones (excluding diaryl/α,β-unsaturated/α-hetero) is 1. The van der Waals surface area contributed by atoms with Gasteiger partial charge in [0.05, 0.1) is 9.77 Å². The second kappa shape index (κ2) is 6.44. The average molecular weight is 379 g/mol. The molecule has 3 heterocycles. The largest absolute Gasteiger partial charge is 0.454 e. The van der Waals surface area contributed by atoms with Gasteiger partial charge in [-0.2, -0.15) is 4.31 Å². The van der Waals surface area contributed by atoms with Crippen molar-refractivity contribution >= 4 is 27.1 Å². The summed E-state index contributed by atoms with van der Waals surface area (Å²) in [5.74, 6) is 1.01. The van der Waals surface area contributed by atoms with Crippen molar-refractivity contribution in [3.8, 4) is 11.5 Å². The van der Waals surface area contributed by atoms with Crippen LogP contribution in [0.4, 0.5) is 0 Å². The monoisotopic (exact) mass is 379 g/mol. The quantitative estimate of drug-likeness (QED) is 0.764. The number of carbonyl (C=O) groups excluding carboxylic acids is 1. The zero-order valence-corrected chi connectivity index (χ0v) is 15.0. The highest BCUT2D eigenvalue weighted by atomic mass is 32.2. The molecule has 6 nitrogen and oxygen atoms in total. The Morgan fingerprint density at radius 2 is 1.88 bits per heavy atom. The third kappa shape index (κ3) is 3.05. The number of fused-ring (bicyclic) bond motifs is 1. The van der Waals surface area contributed by atoms with Crippen molar-refractivity contribution in [2.45, 2.75) is 17.7 Å². The Hall–Kier alpha value is -1.90. The molecule has 8 heteroatoms. The number of benzene rings is 1. The molecule has 0 bridgehead atoms. The smallest absolute Gasteiger partial charge is 0.243 e. The van der Waals surface area contributed by atoms with E-state index in [1.54, 1.807) is 6.07 Å². The molecule has 0 spiro atoms. The number of rotatable bonds is 4. The van der Waals surface area contributed by atoms with Crippen molar-refractivity contribution in [1.29, 1.82) is 0 Å². The van der Waals surface area contributed by atoms with Crippen LogP contribution in [-0.2, 0) is 10.0 Å².